The molecule has 0 bridgehead atoms. The van der Waals surface area contributed by atoms with Gasteiger partial charge in [0.1, 0.15) is 5.82 Å². The minimum Gasteiger partial charge on any atom is -0.363 e. The average Bonchev–Trinajstić information content (AvgIpc) is 2.18. The summed E-state index contributed by atoms with van der Waals surface area (Å²) in [5, 5.41) is 0. The Morgan fingerprint density at radius 2 is 2.00 bits per heavy atom. The summed E-state index contributed by atoms with van der Waals surface area (Å²) in [6.45, 7) is 6.85. The molecule has 0 aliphatic rings. The molecule has 0 saturated heterocycles. The van der Waals surface area contributed by atoms with Crippen LogP contribution in [0.25, 0.3) is 0 Å². The van der Waals surface area contributed by atoms with Crippen LogP contribution < -0.4 is 4.90 Å². The second-order valence-electron chi connectivity index (χ2n) is 5.08. The summed E-state index contributed by atoms with van der Waals surface area (Å²) in [5.41, 5.74) is 1.70. The third-order valence-electron chi connectivity index (χ3n) is 2.92. The van der Waals surface area contributed by atoms with Gasteiger partial charge in [-0.2, -0.15) is 0 Å². The van der Waals surface area contributed by atoms with Crippen molar-refractivity contribution in [2.75, 3.05) is 19.0 Å². The first-order valence-electron chi connectivity index (χ1n) is 5.57. The van der Waals surface area contributed by atoms with Crippen molar-refractivity contribution in [1.29, 1.82) is 0 Å². The van der Waals surface area contributed by atoms with E-state index in [1.54, 1.807) is 0 Å². The standard InChI is InChI=1S/C13H22N2/c1-6-13(2,3)10-11-8-7-9-14-12(11)15(4)5/h7-9H,6,10H2,1-5H3. The highest BCUT2D eigenvalue weighted by atomic mass is 15.1. The minimum atomic E-state index is 0.355. The molecule has 0 atom stereocenters. The molecule has 0 amide bonds. The second kappa shape index (κ2) is 4.65. The maximum Gasteiger partial charge on any atom is 0.131 e. The van der Waals surface area contributed by atoms with Gasteiger partial charge in [-0.1, -0.05) is 33.3 Å². The number of pyridine rings is 1. The summed E-state index contributed by atoms with van der Waals surface area (Å²) in [7, 11) is 4.09. The molecule has 1 heterocycles. The summed E-state index contributed by atoms with van der Waals surface area (Å²) in [6.07, 6.45) is 4.14. The summed E-state index contributed by atoms with van der Waals surface area (Å²) in [6, 6.07) is 4.20. The molecule has 0 fully saturated rings. The van der Waals surface area contributed by atoms with Gasteiger partial charge in [0.05, 0.1) is 0 Å². The van der Waals surface area contributed by atoms with Crippen molar-refractivity contribution in [1.82, 2.24) is 4.98 Å². The fraction of sp³-hybridized carbons (Fsp3) is 0.615. The van der Waals surface area contributed by atoms with Gasteiger partial charge in [-0.25, -0.2) is 4.98 Å². The van der Waals surface area contributed by atoms with E-state index in [4.69, 9.17) is 0 Å². The van der Waals surface area contributed by atoms with Crippen LogP contribution in [0, 0.1) is 5.41 Å². The number of aromatic nitrogens is 1. The molecule has 0 N–H and O–H groups in total. The lowest BCUT2D eigenvalue weighted by Gasteiger charge is -2.25. The monoisotopic (exact) mass is 206 g/mol. The third kappa shape index (κ3) is 3.22. The minimum absolute atomic E-state index is 0.355. The largest absolute Gasteiger partial charge is 0.363 e. The van der Waals surface area contributed by atoms with Crippen molar-refractivity contribution < 1.29 is 0 Å². The highest BCUT2D eigenvalue weighted by Gasteiger charge is 2.18. The Labute approximate surface area is 93.3 Å². The molecular weight excluding hydrogens is 184 g/mol. The van der Waals surface area contributed by atoms with E-state index in [0.29, 0.717) is 5.41 Å². The molecule has 0 spiro atoms. The Bertz CT molecular complexity index is 316. The number of anilines is 1. The lowest BCUT2D eigenvalue weighted by Crippen LogP contribution is -2.18. The van der Waals surface area contributed by atoms with E-state index in [-0.39, 0.29) is 0 Å². The normalized spacial score (nSPS) is 11.5. The van der Waals surface area contributed by atoms with Gasteiger partial charge in [-0.15, -0.1) is 0 Å². The van der Waals surface area contributed by atoms with Crippen molar-refractivity contribution in [2.45, 2.75) is 33.6 Å². The Hall–Kier alpha value is -1.05. The van der Waals surface area contributed by atoms with Gasteiger partial charge in [-0.05, 0) is 23.5 Å². The molecule has 2 heteroatoms. The maximum atomic E-state index is 4.42. The summed E-state index contributed by atoms with van der Waals surface area (Å²) in [4.78, 5) is 6.51. The molecule has 0 unspecified atom stereocenters. The molecule has 1 aromatic heterocycles. The van der Waals surface area contributed by atoms with Crippen LogP contribution in [0.4, 0.5) is 5.82 Å². The molecule has 15 heavy (non-hydrogen) atoms. The van der Waals surface area contributed by atoms with Crippen LogP contribution >= 0.6 is 0 Å². The van der Waals surface area contributed by atoms with Crippen LogP contribution in [-0.4, -0.2) is 19.1 Å². The van der Waals surface area contributed by atoms with Crippen LogP contribution in [0.2, 0.25) is 0 Å². The van der Waals surface area contributed by atoms with E-state index >= 15 is 0 Å². The number of hydrogen-bond acceptors (Lipinski definition) is 2. The van der Waals surface area contributed by atoms with Gasteiger partial charge >= 0.3 is 0 Å². The van der Waals surface area contributed by atoms with Crippen LogP contribution in [0.3, 0.4) is 0 Å². The zero-order chi connectivity index (χ0) is 11.5. The smallest absolute Gasteiger partial charge is 0.131 e. The second-order valence-corrected chi connectivity index (χ2v) is 5.08. The summed E-state index contributed by atoms with van der Waals surface area (Å²) in [5.74, 6) is 1.10. The van der Waals surface area contributed by atoms with E-state index in [1.807, 2.05) is 26.4 Å². The number of rotatable bonds is 4. The molecule has 0 radical (unpaired) electrons. The molecule has 0 aromatic carbocycles. The van der Waals surface area contributed by atoms with E-state index in [0.717, 1.165) is 12.2 Å². The summed E-state index contributed by atoms with van der Waals surface area (Å²) >= 11 is 0. The quantitative estimate of drug-likeness (QED) is 0.752. The molecule has 1 rings (SSSR count). The molecule has 2 nitrogen and oxygen atoms in total. The van der Waals surface area contributed by atoms with Crippen molar-refractivity contribution in [3.63, 3.8) is 0 Å². The zero-order valence-electron chi connectivity index (χ0n) is 10.5. The van der Waals surface area contributed by atoms with Crippen LogP contribution in [-0.2, 0) is 6.42 Å². The van der Waals surface area contributed by atoms with E-state index in [1.165, 1.54) is 12.0 Å². The van der Waals surface area contributed by atoms with E-state index < -0.39 is 0 Å². The van der Waals surface area contributed by atoms with E-state index in [9.17, 15) is 0 Å². The van der Waals surface area contributed by atoms with Crippen molar-refractivity contribution in [3.8, 4) is 0 Å². The van der Waals surface area contributed by atoms with Crippen molar-refractivity contribution >= 4 is 5.82 Å². The van der Waals surface area contributed by atoms with Gasteiger partial charge < -0.3 is 4.90 Å². The van der Waals surface area contributed by atoms with Crippen LogP contribution in [0.1, 0.15) is 32.8 Å². The van der Waals surface area contributed by atoms with Gasteiger partial charge in [-0.3, -0.25) is 0 Å². The topological polar surface area (TPSA) is 16.1 Å². The SMILES string of the molecule is CCC(C)(C)Cc1cccnc1N(C)C. The predicted octanol–water partition coefficient (Wildman–Crippen LogP) is 3.13. The first-order valence-corrected chi connectivity index (χ1v) is 5.57. The molecule has 1 aromatic rings. The van der Waals surface area contributed by atoms with Crippen molar-refractivity contribution in [2.24, 2.45) is 5.41 Å². The Morgan fingerprint density at radius 3 is 2.53 bits per heavy atom. The van der Waals surface area contributed by atoms with Crippen molar-refractivity contribution in [3.05, 3.63) is 23.9 Å². The number of nitrogens with zero attached hydrogens (tertiary/aromatic N) is 2. The average molecular weight is 206 g/mol. The Kier molecular flexibility index (Phi) is 3.72. The Morgan fingerprint density at radius 1 is 1.33 bits per heavy atom. The van der Waals surface area contributed by atoms with Gasteiger partial charge in [0, 0.05) is 20.3 Å². The van der Waals surface area contributed by atoms with Gasteiger partial charge in [0.2, 0.25) is 0 Å². The predicted molar refractivity (Wildman–Crippen MR) is 66.3 cm³/mol. The van der Waals surface area contributed by atoms with Crippen LogP contribution in [0.5, 0.6) is 0 Å². The highest BCUT2D eigenvalue weighted by molar-refractivity contribution is 5.45. The maximum absolute atomic E-state index is 4.42. The Balaban J connectivity index is 2.94. The number of hydrogen-bond donors (Lipinski definition) is 0. The highest BCUT2D eigenvalue weighted by Crippen LogP contribution is 2.28. The molecular formula is C13H22N2. The van der Waals surface area contributed by atoms with E-state index in [2.05, 4.69) is 36.7 Å². The first-order chi connectivity index (χ1) is 6.96. The lowest BCUT2D eigenvalue weighted by atomic mass is 9.83. The molecule has 0 saturated carbocycles. The fourth-order valence-electron chi connectivity index (χ4n) is 1.61. The zero-order valence-corrected chi connectivity index (χ0v) is 10.5. The first kappa shape index (κ1) is 12.0. The molecule has 0 aliphatic carbocycles. The van der Waals surface area contributed by atoms with Gasteiger partial charge in [0.15, 0.2) is 0 Å². The summed E-state index contributed by atoms with van der Waals surface area (Å²) < 4.78 is 0. The van der Waals surface area contributed by atoms with Crippen LogP contribution in [0.15, 0.2) is 18.3 Å². The fourth-order valence-corrected chi connectivity index (χ4v) is 1.61. The third-order valence-corrected chi connectivity index (χ3v) is 2.92. The molecule has 0 aliphatic heterocycles. The molecule has 84 valence electrons. The lowest BCUT2D eigenvalue weighted by molar-refractivity contribution is 0.349. The van der Waals surface area contributed by atoms with Gasteiger partial charge in [0.25, 0.3) is 0 Å².